The Morgan fingerprint density at radius 1 is 1.13 bits per heavy atom. The lowest BCUT2D eigenvalue weighted by molar-refractivity contribution is 0.198. The molecule has 3 aromatic heterocycles. The van der Waals surface area contributed by atoms with Gasteiger partial charge in [-0.2, -0.15) is 0 Å². The van der Waals surface area contributed by atoms with Gasteiger partial charge in [0.1, 0.15) is 4.21 Å². The van der Waals surface area contributed by atoms with Crippen LogP contribution in [0.5, 0.6) is 0 Å². The molecule has 0 aromatic carbocycles. The molecule has 3 aromatic rings. The second-order valence-corrected chi connectivity index (χ2v) is 10.2. The van der Waals surface area contributed by atoms with Gasteiger partial charge in [-0.15, -0.1) is 0 Å². The lowest BCUT2D eigenvalue weighted by atomic mass is 10.2. The first-order chi connectivity index (χ1) is 14.3. The van der Waals surface area contributed by atoms with Gasteiger partial charge in [0.05, 0.1) is 23.3 Å². The van der Waals surface area contributed by atoms with Gasteiger partial charge < -0.3 is 15.1 Å². The summed E-state index contributed by atoms with van der Waals surface area (Å²) in [6.07, 6.45) is 6.15. The molecule has 4 rings (SSSR count). The molecule has 4 heterocycles. The molecule has 0 saturated heterocycles. The van der Waals surface area contributed by atoms with Crippen LogP contribution in [0, 0.1) is 0 Å². The molecule has 0 unspecified atom stereocenters. The molecule has 0 aliphatic carbocycles. The zero-order valence-corrected chi connectivity index (χ0v) is 18.1. The van der Waals surface area contributed by atoms with E-state index in [1.54, 1.807) is 42.4 Å². The maximum absolute atomic E-state index is 12.8. The molecular formula is C19H20N6O3S2. The first-order valence-corrected chi connectivity index (χ1v) is 11.4. The molecule has 1 aliphatic heterocycles. The van der Waals surface area contributed by atoms with Gasteiger partial charge >= 0.3 is 6.03 Å². The second kappa shape index (κ2) is 8.00. The van der Waals surface area contributed by atoms with E-state index >= 15 is 0 Å². The number of amides is 2. The zero-order valence-electron chi connectivity index (χ0n) is 16.4. The highest BCUT2D eigenvalue weighted by Crippen LogP contribution is 2.29. The topological polar surface area (TPSA) is 108 Å². The minimum atomic E-state index is -3.68. The Bertz CT molecular complexity index is 1150. The Balaban J connectivity index is 1.38. The molecule has 2 amide bonds. The number of aromatic nitrogens is 3. The molecule has 9 nitrogen and oxygen atoms in total. The normalized spacial score (nSPS) is 13.2. The van der Waals surface area contributed by atoms with Crippen LogP contribution >= 0.6 is 11.3 Å². The summed E-state index contributed by atoms with van der Waals surface area (Å²) in [6, 6.07) is 4.80. The predicted molar refractivity (Wildman–Crippen MR) is 112 cm³/mol. The summed E-state index contributed by atoms with van der Waals surface area (Å²) in [5, 5.41) is 3.43. The lowest BCUT2D eigenvalue weighted by Crippen LogP contribution is -2.36. The minimum absolute atomic E-state index is 0.0917. The van der Waals surface area contributed by atoms with Crippen LogP contribution in [0.25, 0.3) is 0 Å². The number of carbonyl (C=O) groups is 1. The Labute approximate surface area is 178 Å². The molecule has 0 radical (unpaired) electrons. The minimum Gasteiger partial charge on any atom is -0.354 e. The van der Waals surface area contributed by atoms with E-state index in [0.717, 1.165) is 22.5 Å². The number of thiazole rings is 1. The van der Waals surface area contributed by atoms with Crippen molar-refractivity contribution >= 4 is 32.3 Å². The average Bonchev–Trinajstić information content (AvgIpc) is 3.40. The van der Waals surface area contributed by atoms with E-state index in [1.807, 2.05) is 6.07 Å². The molecule has 156 valence electrons. The summed E-state index contributed by atoms with van der Waals surface area (Å²) in [5.74, 6) is 0. The number of hydrogen-bond donors (Lipinski definition) is 1. The number of anilines is 1. The van der Waals surface area contributed by atoms with Gasteiger partial charge in [0.25, 0.3) is 0 Å². The van der Waals surface area contributed by atoms with Crippen molar-refractivity contribution in [3.63, 3.8) is 0 Å². The molecule has 0 bridgehead atoms. The van der Waals surface area contributed by atoms with Crippen molar-refractivity contribution in [2.24, 2.45) is 0 Å². The van der Waals surface area contributed by atoms with Crippen LogP contribution in [0.15, 0.2) is 52.1 Å². The molecule has 0 saturated carbocycles. The molecule has 0 atom stereocenters. The maximum atomic E-state index is 12.8. The third-order valence-corrected chi connectivity index (χ3v) is 8.03. The Hall–Kier alpha value is -3.05. The molecule has 1 aliphatic rings. The van der Waals surface area contributed by atoms with Gasteiger partial charge in [0, 0.05) is 45.8 Å². The van der Waals surface area contributed by atoms with Crippen molar-refractivity contribution < 1.29 is 13.2 Å². The summed E-state index contributed by atoms with van der Waals surface area (Å²) in [7, 11) is -0.0717. The predicted octanol–water partition coefficient (Wildman–Crippen LogP) is 2.06. The summed E-state index contributed by atoms with van der Waals surface area (Å²) in [4.78, 5) is 28.4. The highest BCUT2D eigenvalue weighted by Gasteiger charge is 2.24. The fourth-order valence-corrected chi connectivity index (χ4v) is 5.40. The molecule has 30 heavy (non-hydrogen) atoms. The third-order valence-electron chi connectivity index (χ3n) is 4.66. The number of carbonyl (C=O) groups excluding carboxylic acids is 1. The second-order valence-electron chi connectivity index (χ2n) is 7.00. The van der Waals surface area contributed by atoms with Crippen LogP contribution in [-0.4, -0.2) is 48.4 Å². The first kappa shape index (κ1) is 20.2. The summed E-state index contributed by atoms with van der Waals surface area (Å²) < 4.78 is 25.7. The van der Waals surface area contributed by atoms with Crippen LogP contribution in [0.3, 0.4) is 0 Å². The quantitative estimate of drug-likeness (QED) is 0.642. The van der Waals surface area contributed by atoms with E-state index in [-0.39, 0.29) is 21.7 Å². The van der Waals surface area contributed by atoms with E-state index < -0.39 is 9.84 Å². The number of hydrogen-bond acceptors (Lipinski definition) is 8. The smallest absolute Gasteiger partial charge is 0.318 e. The zero-order chi connectivity index (χ0) is 21.3. The average molecular weight is 445 g/mol. The first-order valence-electron chi connectivity index (χ1n) is 9.12. The van der Waals surface area contributed by atoms with E-state index in [1.165, 1.54) is 18.5 Å². The number of nitrogens with one attached hydrogen (secondary N) is 1. The lowest BCUT2D eigenvalue weighted by Gasteiger charge is -2.16. The Morgan fingerprint density at radius 2 is 1.93 bits per heavy atom. The van der Waals surface area contributed by atoms with Gasteiger partial charge in [-0.3, -0.25) is 9.97 Å². The number of pyridine rings is 2. The van der Waals surface area contributed by atoms with Crippen molar-refractivity contribution in [1.29, 1.82) is 0 Å². The SMILES string of the molecule is CN(C)c1ncc(S(=O)(=O)c2ccc(CNC(=O)N3Cc4ccncc4C3)nc2)s1. The van der Waals surface area contributed by atoms with E-state index in [9.17, 15) is 13.2 Å². The number of urea groups is 1. The van der Waals surface area contributed by atoms with Gasteiger partial charge in [-0.05, 0) is 29.3 Å². The van der Waals surface area contributed by atoms with Crippen molar-refractivity contribution in [2.45, 2.75) is 28.7 Å². The fourth-order valence-electron chi connectivity index (χ4n) is 3.01. The molecular weight excluding hydrogens is 424 g/mol. The number of fused-ring (bicyclic) bond motifs is 1. The largest absolute Gasteiger partial charge is 0.354 e. The third kappa shape index (κ3) is 3.98. The summed E-state index contributed by atoms with van der Waals surface area (Å²) in [5.41, 5.74) is 2.70. The van der Waals surface area contributed by atoms with Gasteiger partial charge in [-0.25, -0.2) is 18.2 Å². The van der Waals surface area contributed by atoms with Crippen molar-refractivity contribution in [1.82, 2.24) is 25.2 Å². The molecule has 11 heteroatoms. The Kier molecular flexibility index (Phi) is 5.39. The van der Waals surface area contributed by atoms with Gasteiger partial charge in [0.2, 0.25) is 9.84 Å². The maximum Gasteiger partial charge on any atom is 0.318 e. The molecule has 0 fully saturated rings. The monoisotopic (exact) mass is 444 g/mol. The summed E-state index contributed by atoms with van der Waals surface area (Å²) in [6.45, 7) is 1.26. The number of nitrogens with zero attached hydrogens (tertiary/aromatic N) is 5. The number of rotatable bonds is 5. The molecule has 1 N–H and O–H groups in total. The number of sulfone groups is 1. The van der Waals surface area contributed by atoms with E-state index in [0.29, 0.717) is 23.9 Å². The van der Waals surface area contributed by atoms with Gasteiger partial charge in [-0.1, -0.05) is 11.3 Å². The van der Waals surface area contributed by atoms with E-state index in [2.05, 4.69) is 20.3 Å². The van der Waals surface area contributed by atoms with Crippen LogP contribution in [0.2, 0.25) is 0 Å². The van der Waals surface area contributed by atoms with Crippen LogP contribution in [0.4, 0.5) is 9.93 Å². The van der Waals surface area contributed by atoms with Crippen molar-refractivity contribution in [3.05, 3.63) is 59.8 Å². The van der Waals surface area contributed by atoms with Crippen LogP contribution in [-0.2, 0) is 29.5 Å². The Morgan fingerprint density at radius 3 is 2.60 bits per heavy atom. The van der Waals surface area contributed by atoms with Crippen molar-refractivity contribution in [2.75, 3.05) is 19.0 Å². The highest BCUT2D eigenvalue weighted by atomic mass is 32.2. The fraction of sp³-hybridized carbons (Fsp3) is 0.263. The van der Waals surface area contributed by atoms with Crippen LogP contribution in [0.1, 0.15) is 16.8 Å². The standard InChI is InChI=1S/C19H20N6O3S2/c1-24(2)19-23-10-17(29-19)30(27,28)16-4-3-15(21-9-16)8-22-18(26)25-11-13-5-6-20-7-14(13)12-25/h3-7,9-10H,8,11-12H2,1-2H3,(H,22,26). The van der Waals surface area contributed by atoms with Gasteiger partial charge in [0.15, 0.2) is 5.13 Å². The van der Waals surface area contributed by atoms with Crippen molar-refractivity contribution in [3.8, 4) is 0 Å². The van der Waals surface area contributed by atoms with Crippen LogP contribution < -0.4 is 10.2 Å². The van der Waals surface area contributed by atoms with E-state index in [4.69, 9.17) is 0 Å². The summed E-state index contributed by atoms with van der Waals surface area (Å²) >= 11 is 1.10. The molecule has 0 spiro atoms. The highest BCUT2D eigenvalue weighted by molar-refractivity contribution is 7.93.